The van der Waals surface area contributed by atoms with Gasteiger partial charge in [-0.1, -0.05) is 25.3 Å². The fraction of sp³-hybridized carbons (Fsp3) is 0.600. The van der Waals surface area contributed by atoms with Gasteiger partial charge in [0, 0.05) is 33.1 Å². The average molecular weight is 486 g/mol. The van der Waals surface area contributed by atoms with Crippen molar-refractivity contribution in [2.75, 3.05) is 26.2 Å². The molecule has 190 valence electrons. The number of hydrogen-bond donors (Lipinski definition) is 3. The molecule has 3 heterocycles. The van der Waals surface area contributed by atoms with Crippen molar-refractivity contribution in [1.82, 2.24) is 24.7 Å². The first kappa shape index (κ1) is 25.1. The Morgan fingerprint density at radius 2 is 1.86 bits per heavy atom. The number of hydrogen-bond acceptors (Lipinski definition) is 6. The fourth-order valence-electron chi connectivity index (χ4n) is 5.17. The van der Waals surface area contributed by atoms with Crippen LogP contribution in [0.2, 0.25) is 0 Å². The Balaban J connectivity index is 1.25. The van der Waals surface area contributed by atoms with Crippen LogP contribution in [0.15, 0.2) is 23.0 Å². The third kappa shape index (κ3) is 5.82. The van der Waals surface area contributed by atoms with E-state index in [1.807, 2.05) is 18.2 Å². The van der Waals surface area contributed by atoms with Gasteiger partial charge >= 0.3 is 11.7 Å². The molecule has 2 saturated heterocycles. The van der Waals surface area contributed by atoms with Crippen LogP contribution in [0.25, 0.3) is 11.0 Å². The lowest BCUT2D eigenvalue weighted by Crippen LogP contribution is -2.54. The average Bonchev–Trinajstić information content (AvgIpc) is 3.08. The summed E-state index contributed by atoms with van der Waals surface area (Å²) in [4.78, 5) is 50.1. The number of carbonyl (C=O) groups is 3. The number of aliphatic carboxylic acids is 1. The van der Waals surface area contributed by atoms with Crippen molar-refractivity contribution in [2.24, 2.45) is 7.05 Å². The molecule has 2 amide bonds. The van der Waals surface area contributed by atoms with E-state index in [1.165, 1.54) is 4.57 Å². The summed E-state index contributed by atoms with van der Waals surface area (Å²) in [5.41, 5.74) is 2.43. The maximum absolute atomic E-state index is 12.9. The number of aromatic nitrogens is 2. The first-order valence-corrected chi connectivity index (χ1v) is 12.6. The maximum atomic E-state index is 12.9. The number of benzene rings is 1. The van der Waals surface area contributed by atoms with Crippen LogP contribution < -0.4 is 16.3 Å². The van der Waals surface area contributed by atoms with Gasteiger partial charge in [0.15, 0.2) is 0 Å². The van der Waals surface area contributed by atoms with Gasteiger partial charge in [-0.25, -0.2) is 4.79 Å². The molecule has 2 aliphatic rings. The van der Waals surface area contributed by atoms with Crippen molar-refractivity contribution in [3.05, 3.63) is 34.2 Å². The molecule has 1 unspecified atom stereocenters. The number of carboxylic acids is 1. The Labute approximate surface area is 204 Å². The van der Waals surface area contributed by atoms with Crippen LogP contribution >= 0.6 is 0 Å². The zero-order chi connectivity index (χ0) is 24.9. The van der Waals surface area contributed by atoms with Gasteiger partial charge in [0.1, 0.15) is 12.1 Å². The highest BCUT2D eigenvalue weighted by atomic mass is 16.4. The largest absolute Gasteiger partial charge is 0.480 e. The van der Waals surface area contributed by atoms with Crippen LogP contribution in [0.1, 0.15) is 56.6 Å². The lowest BCUT2D eigenvalue weighted by molar-refractivity contribution is -0.141. The second-order valence-corrected chi connectivity index (χ2v) is 9.66. The minimum atomic E-state index is -0.777. The molecular formula is C25H35N5O5. The molecule has 3 N–H and O–H groups in total. The van der Waals surface area contributed by atoms with Crippen LogP contribution in [-0.2, 0) is 27.9 Å². The second-order valence-electron chi connectivity index (χ2n) is 9.66. The quantitative estimate of drug-likeness (QED) is 0.341. The first-order chi connectivity index (χ1) is 16.8. The van der Waals surface area contributed by atoms with E-state index in [-0.39, 0.29) is 18.0 Å². The van der Waals surface area contributed by atoms with E-state index in [4.69, 9.17) is 5.11 Å². The molecule has 2 fully saturated rings. The van der Waals surface area contributed by atoms with Gasteiger partial charge in [0.2, 0.25) is 11.8 Å². The normalized spacial score (nSPS) is 21.4. The predicted molar refractivity (Wildman–Crippen MR) is 131 cm³/mol. The summed E-state index contributed by atoms with van der Waals surface area (Å²) in [7, 11) is 1.72. The molecule has 2 aliphatic heterocycles. The number of carbonyl (C=O) groups excluding carboxylic acids is 2. The van der Waals surface area contributed by atoms with Crippen molar-refractivity contribution < 1.29 is 19.5 Å². The molecule has 10 nitrogen and oxygen atoms in total. The first-order valence-electron chi connectivity index (χ1n) is 12.6. The minimum absolute atomic E-state index is 0.232. The number of piperazine rings is 1. The molecule has 1 aromatic carbocycles. The second kappa shape index (κ2) is 11.2. The number of imide groups is 1. The number of fused-ring (bicyclic) bond motifs is 1. The number of imidazole rings is 1. The summed E-state index contributed by atoms with van der Waals surface area (Å²) in [5, 5.41) is 14.5. The minimum Gasteiger partial charge on any atom is -0.480 e. The Morgan fingerprint density at radius 1 is 1.09 bits per heavy atom. The van der Waals surface area contributed by atoms with Crippen molar-refractivity contribution in [3.63, 3.8) is 0 Å². The van der Waals surface area contributed by atoms with E-state index in [2.05, 4.69) is 15.5 Å². The Kier molecular flexibility index (Phi) is 8.02. The number of piperidine rings is 1. The van der Waals surface area contributed by atoms with Gasteiger partial charge in [0.25, 0.3) is 0 Å². The van der Waals surface area contributed by atoms with Gasteiger partial charge in [-0.05, 0) is 49.9 Å². The molecule has 0 radical (unpaired) electrons. The van der Waals surface area contributed by atoms with Crippen molar-refractivity contribution in [2.45, 2.75) is 63.5 Å². The van der Waals surface area contributed by atoms with Gasteiger partial charge in [-0.15, -0.1) is 0 Å². The SMILES string of the molecule is Cn1c(=O)n(C2CCC(=O)NC2=O)c2ccc(CCCCCCCN3CCN[C@H](C(=O)O)C3)cc21. The number of nitrogens with one attached hydrogen (secondary N) is 2. The third-order valence-corrected chi connectivity index (χ3v) is 7.17. The Hall–Kier alpha value is -2.98. The molecule has 0 saturated carbocycles. The smallest absolute Gasteiger partial charge is 0.329 e. The predicted octanol–water partition coefficient (Wildman–Crippen LogP) is 1.17. The van der Waals surface area contributed by atoms with Crippen LogP contribution in [0.3, 0.4) is 0 Å². The van der Waals surface area contributed by atoms with Gasteiger partial charge in [-0.2, -0.15) is 0 Å². The van der Waals surface area contributed by atoms with E-state index < -0.39 is 24.0 Å². The van der Waals surface area contributed by atoms with Crippen LogP contribution in [0, 0.1) is 0 Å². The number of carboxylic acid groups (broad SMARTS) is 1. The van der Waals surface area contributed by atoms with E-state index in [0.717, 1.165) is 69.2 Å². The fourth-order valence-corrected chi connectivity index (χ4v) is 5.17. The maximum Gasteiger partial charge on any atom is 0.329 e. The van der Waals surface area contributed by atoms with Gasteiger partial charge in [-0.3, -0.25) is 33.7 Å². The van der Waals surface area contributed by atoms with E-state index in [1.54, 1.807) is 11.6 Å². The molecule has 2 aromatic rings. The lowest BCUT2D eigenvalue weighted by Gasteiger charge is -2.31. The molecule has 0 bridgehead atoms. The summed E-state index contributed by atoms with van der Waals surface area (Å²) in [6.45, 7) is 3.15. The summed E-state index contributed by atoms with van der Waals surface area (Å²) in [5.74, 6) is -1.49. The molecule has 4 rings (SSSR count). The van der Waals surface area contributed by atoms with Gasteiger partial charge < -0.3 is 10.4 Å². The third-order valence-electron chi connectivity index (χ3n) is 7.17. The summed E-state index contributed by atoms with van der Waals surface area (Å²) < 4.78 is 3.09. The molecule has 0 aliphatic carbocycles. The summed E-state index contributed by atoms with van der Waals surface area (Å²) >= 11 is 0. The number of rotatable bonds is 10. The highest BCUT2D eigenvalue weighted by Crippen LogP contribution is 2.24. The highest BCUT2D eigenvalue weighted by molar-refractivity contribution is 6.00. The number of nitrogens with zero attached hydrogens (tertiary/aromatic N) is 3. The zero-order valence-corrected chi connectivity index (χ0v) is 20.3. The van der Waals surface area contributed by atoms with Crippen molar-refractivity contribution in [3.8, 4) is 0 Å². The molecular weight excluding hydrogens is 450 g/mol. The van der Waals surface area contributed by atoms with Gasteiger partial charge in [0.05, 0.1) is 11.0 Å². The topological polar surface area (TPSA) is 126 Å². The van der Waals surface area contributed by atoms with E-state index >= 15 is 0 Å². The lowest BCUT2D eigenvalue weighted by atomic mass is 10.0. The summed E-state index contributed by atoms with van der Waals surface area (Å²) in [6, 6.07) is 4.84. The van der Waals surface area contributed by atoms with E-state index in [9.17, 15) is 19.2 Å². The highest BCUT2D eigenvalue weighted by Gasteiger charge is 2.31. The molecule has 0 spiro atoms. The number of unbranched alkanes of at least 4 members (excludes halogenated alkanes) is 4. The van der Waals surface area contributed by atoms with Crippen LogP contribution in [0.4, 0.5) is 0 Å². The van der Waals surface area contributed by atoms with Crippen LogP contribution in [-0.4, -0.2) is 69.1 Å². The molecule has 2 atom stereocenters. The summed E-state index contributed by atoms with van der Waals surface area (Å²) in [6.07, 6.45) is 7.01. The number of aryl methyl sites for hydroxylation is 2. The van der Waals surface area contributed by atoms with Crippen molar-refractivity contribution in [1.29, 1.82) is 0 Å². The molecule has 10 heteroatoms. The number of amides is 2. The zero-order valence-electron chi connectivity index (χ0n) is 20.3. The molecule has 35 heavy (non-hydrogen) atoms. The molecule has 1 aromatic heterocycles. The standard InChI is InChI=1S/C25H35N5O5/c1-28-21-15-17(7-5-3-2-4-6-13-29-14-12-26-18(16-29)24(33)34)8-9-19(21)30(25(28)35)20-10-11-22(31)27-23(20)32/h8-9,15,18,20,26H,2-7,10-14,16H2,1H3,(H,33,34)(H,27,31,32)/t18-,20?/m0/s1. The Morgan fingerprint density at radius 3 is 2.63 bits per heavy atom. The Bertz CT molecular complexity index is 1150. The van der Waals surface area contributed by atoms with Crippen molar-refractivity contribution >= 4 is 28.8 Å². The van der Waals surface area contributed by atoms with Crippen LogP contribution in [0.5, 0.6) is 0 Å². The monoisotopic (exact) mass is 485 g/mol. The van der Waals surface area contributed by atoms with E-state index in [0.29, 0.717) is 18.5 Å².